The van der Waals surface area contributed by atoms with E-state index in [1.54, 1.807) is 0 Å². The lowest BCUT2D eigenvalue weighted by Crippen LogP contribution is -2.37. The Morgan fingerprint density at radius 2 is 2.33 bits per heavy atom. The molecule has 2 rings (SSSR count). The van der Waals surface area contributed by atoms with Gasteiger partial charge in [0.1, 0.15) is 0 Å². The minimum Gasteiger partial charge on any atom is -0.315 e. The Bertz CT molecular complexity index is 113. The van der Waals surface area contributed by atoms with Gasteiger partial charge < -0.3 is 10.2 Å². The second-order valence-corrected chi connectivity index (χ2v) is 3.20. The summed E-state index contributed by atoms with van der Waals surface area (Å²) in [6.45, 7) is 4.00. The Labute approximate surface area is 56.2 Å². The molecule has 0 radical (unpaired) electrons. The quantitative estimate of drug-likeness (QED) is 0.528. The number of rotatable bonds is 1. The van der Waals surface area contributed by atoms with Crippen LogP contribution in [0.25, 0.3) is 0 Å². The van der Waals surface area contributed by atoms with E-state index in [9.17, 15) is 0 Å². The van der Waals surface area contributed by atoms with Crippen molar-refractivity contribution in [1.29, 1.82) is 0 Å². The van der Waals surface area contributed by atoms with E-state index in [1.165, 1.54) is 26.1 Å². The summed E-state index contributed by atoms with van der Waals surface area (Å²) in [5.74, 6) is 0.968. The van der Waals surface area contributed by atoms with Gasteiger partial charge in [-0.2, -0.15) is 0 Å². The fraction of sp³-hybridized carbons (Fsp3) is 1.00. The first-order chi connectivity index (χ1) is 4.40. The number of nitrogens with one attached hydrogen (secondary N) is 1. The summed E-state index contributed by atoms with van der Waals surface area (Å²) in [6, 6.07) is 0.804. The van der Waals surface area contributed by atoms with Crippen LogP contribution >= 0.6 is 0 Å². The number of hydrogen-bond donors (Lipinski definition) is 1. The average Bonchev–Trinajstić information content (AvgIpc) is 2.45. The molecule has 1 N–H and O–H groups in total. The summed E-state index contributed by atoms with van der Waals surface area (Å²) >= 11 is 0. The van der Waals surface area contributed by atoms with Gasteiger partial charge >= 0.3 is 0 Å². The highest BCUT2D eigenvalue weighted by molar-refractivity contribution is 4.93. The molecule has 1 unspecified atom stereocenters. The van der Waals surface area contributed by atoms with Gasteiger partial charge in [-0.1, -0.05) is 0 Å². The average molecular weight is 126 g/mol. The standard InChI is InChI=1S/C7H14N2/c1-8-7-5-9-3-2-6(7)4-9/h6-8H,2-5H2,1H3/t6-,7-/m0/s1. The molecular weight excluding hydrogens is 112 g/mol. The molecule has 2 bridgehead atoms. The molecule has 0 spiro atoms. The molecule has 0 amide bonds. The highest BCUT2D eigenvalue weighted by Gasteiger charge is 2.36. The van der Waals surface area contributed by atoms with Gasteiger partial charge in [-0.25, -0.2) is 0 Å². The molecule has 2 heterocycles. The molecule has 2 saturated heterocycles. The van der Waals surface area contributed by atoms with Crippen molar-refractivity contribution in [3.8, 4) is 0 Å². The zero-order valence-corrected chi connectivity index (χ0v) is 5.93. The molecule has 3 atom stereocenters. The molecule has 2 fully saturated rings. The molecular formula is C7H14N2. The number of likely N-dealkylation sites (N-methyl/N-ethyl adjacent to an activating group) is 1. The predicted octanol–water partition coefficient (Wildman–Crippen LogP) is -0.0901. The largest absolute Gasteiger partial charge is 0.315 e. The SMILES string of the molecule is CN[C@H]1CN2CC[C@H]1C2. The van der Waals surface area contributed by atoms with Crippen LogP contribution in [0.15, 0.2) is 0 Å². The molecule has 9 heavy (non-hydrogen) atoms. The van der Waals surface area contributed by atoms with Gasteiger partial charge in [0.15, 0.2) is 0 Å². The molecule has 2 nitrogen and oxygen atoms in total. The van der Waals surface area contributed by atoms with Gasteiger partial charge in [0.05, 0.1) is 0 Å². The Morgan fingerprint density at radius 1 is 1.44 bits per heavy atom. The van der Waals surface area contributed by atoms with Crippen molar-refractivity contribution in [2.75, 3.05) is 26.7 Å². The molecule has 0 aromatic heterocycles. The van der Waals surface area contributed by atoms with Crippen molar-refractivity contribution in [2.24, 2.45) is 5.92 Å². The second kappa shape index (κ2) is 1.96. The summed E-state index contributed by atoms with van der Waals surface area (Å²) in [5.41, 5.74) is 0. The number of hydrogen-bond acceptors (Lipinski definition) is 2. The summed E-state index contributed by atoms with van der Waals surface area (Å²) in [5, 5.41) is 3.35. The van der Waals surface area contributed by atoms with Crippen LogP contribution in [-0.4, -0.2) is 37.6 Å². The zero-order chi connectivity index (χ0) is 6.27. The third-order valence-electron chi connectivity index (χ3n) is 2.70. The van der Waals surface area contributed by atoms with Gasteiger partial charge in [-0.15, -0.1) is 0 Å². The first kappa shape index (κ1) is 5.69. The number of fused-ring (bicyclic) bond motifs is 2. The fourth-order valence-corrected chi connectivity index (χ4v) is 2.11. The molecule has 2 aliphatic heterocycles. The van der Waals surface area contributed by atoms with Crippen LogP contribution < -0.4 is 5.32 Å². The molecule has 0 aromatic rings. The maximum Gasteiger partial charge on any atom is 0.0232 e. The lowest BCUT2D eigenvalue weighted by molar-refractivity contribution is 0.325. The highest BCUT2D eigenvalue weighted by Crippen LogP contribution is 2.27. The summed E-state index contributed by atoms with van der Waals surface area (Å²) in [7, 11) is 2.08. The molecule has 2 aliphatic rings. The van der Waals surface area contributed by atoms with E-state index >= 15 is 0 Å². The van der Waals surface area contributed by atoms with Gasteiger partial charge in [-0.05, 0) is 25.9 Å². The van der Waals surface area contributed by atoms with Crippen molar-refractivity contribution in [1.82, 2.24) is 10.2 Å². The van der Waals surface area contributed by atoms with Gasteiger partial charge in [0.25, 0.3) is 0 Å². The van der Waals surface area contributed by atoms with Crippen LogP contribution in [0.5, 0.6) is 0 Å². The van der Waals surface area contributed by atoms with Gasteiger partial charge in [0, 0.05) is 19.1 Å². The molecule has 0 aromatic carbocycles. The minimum atomic E-state index is 0.804. The first-order valence-electron chi connectivity index (χ1n) is 3.80. The topological polar surface area (TPSA) is 15.3 Å². The Hall–Kier alpha value is -0.0800. The van der Waals surface area contributed by atoms with E-state index < -0.39 is 0 Å². The lowest BCUT2D eigenvalue weighted by Gasteiger charge is -2.20. The van der Waals surface area contributed by atoms with Crippen LogP contribution in [0.4, 0.5) is 0 Å². The molecule has 0 aliphatic carbocycles. The Morgan fingerprint density at radius 3 is 2.67 bits per heavy atom. The van der Waals surface area contributed by atoms with Crippen LogP contribution in [-0.2, 0) is 0 Å². The summed E-state index contributed by atoms with van der Waals surface area (Å²) in [6.07, 6.45) is 1.42. The maximum absolute atomic E-state index is 3.35. The van der Waals surface area contributed by atoms with Crippen molar-refractivity contribution in [3.63, 3.8) is 0 Å². The Balaban J connectivity index is 2.01. The van der Waals surface area contributed by atoms with Crippen LogP contribution in [0, 0.1) is 5.92 Å². The monoisotopic (exact) mass is 126 g/mol. The van der Waals surface area contributed by atoms with Gasteiger partial charge in [0.2, 0.25) is 0 Å². The second-order valence-electron chi connectivity index (χ2n) is 3.20. The smallest absolute Gasteiger partial charge is 0.0232 e. The molecule has 2 heteroatoms. The van der Waals surface area contributed by atoms with Crippen LogP contribution in [0.2, 0.25) is 0 Å². The highest BCUT2D eigenvalue weighted by atomic mass is 15.2. The van der Waals surface area contributed by atoms with E-state index in [0.29, 0.717) is 0 Å². The van der Waals surface area contributed by atoms with E-state index in [0.717, 1.165) is 12.0 Å². The lowest BCUT2D eigenvalue weighted by atomic mass is 10.0. The maximum atomic E-state index is 3.35. The Kier molecular flexibility index (Phi) is 1.24. The van der Waals surface area contributed by atoms with E-state index in [-0.39, 0.29) is 0 Å². The van der Waals surface area contributed by atoms with Gasteiger partial charge in [-0.3, -0.25) is 0 Å². The summed E-state index contributed by atoms with van der Waals surface area (Å²) in [4.78, 5) is 2.55. The van der Waals surface area contributed by atoms with Crippen molar-refractivity contribution >= 4 is 0 Å². The third kappa shape index (κ3) is 0.775. The predicted molar refractivity (Wildman–Crippen MR) is 37.4 cm³/mol. The first-order valence-corrected chi connectivity index (χ1v) is 3.80. The minimum absolute atomic E-state index is 0.804. The van der Waals surface area contributed by atoms with Crippen molar-refractivity contribution in [3.05, 3.63) is 0 Å². The number of piperidine rings is 1. The van der Waals surface area contributed by atoms with E-state index in [4.69, 9.17) is 0 Å². The normalized spacial score (nSPS) is 48.3. The van der Waals surface area contributed by atoms with E-state index in [1.807, 2.05) is 0 Å². The van der Waals surface area contributed by atoms with Crippen molar-refractivity contribution < 1.29 is 0 Å². The molecule has 52 valence electrons. The van der Waals surface area contributed by atoms with E-state index in [2.05, 4.69) is 17.3 Å². The molecule has 0 saturated carbocycles. The van der Waals surface area contributed by atoms with Crippen LogP contribution in [0.1, 0.15) is 6.42 Å². The third-order valence-corrected chi connectivity index (χ3v) is 2.70. The summed E-state index contributed by atoms with van der Waals surface area (Å²) < 4.78 is 0. The van der Waals surface area contributed by atoms with Crippen LogP contribution in [0.3, 0.4) is 0 Å². The fourth-order valence-electron chi connectivity index (χ4n) is 2.11. The number of nitrogens with zero attached hydrogens (tertiary/aromatic N) is 1. The zero-order valence-electron chi connectivity index (χ0n) is 5.93. The van der Waals surface area contributed by atoms with Crippen molar-refractivity contribution in [2.45, 2.75) is 12.5 Å².